The molecule has 0 saturated carbocycles. The molecule has 1 aromatic rings. The van der Waals surface area contributed by atoms with Gasteiger partial charge in [-0.05, 0) is 80.0 Å². The van der Waals surface area contributed by atoms with Crippen molar-refractivity contribution in [2.45, 2.75) is 77.4 Å². The van der Waals surface area contributed by atoms with Gasteiger partial charge in [-0.1, -0.05) is 17.7 Å². The van der Waals surface area contributed by atoms with Crippen LogP contribution in [0.4, 0.5) is 9.59 Å². The third-order valence-corrected chi connectivity index (χ3v) is 4.31. The molecule has 1 rings (SSSR count). The topological polar surface area (TPSA) is 169 Å². The van der Waals surface area contributed by atoms with Gasteiger partial charge >= 0.3 is 12.2 Å². The Morgan fingerprint density at radius 1 is 0.941 bits per heavy atom. The summed E-state index contributed by atoms with van der Waals surface area (Å²) in [7, 11) is -4.02. The molecule has 194 valence electrons. The average Bonchev–Trinajstić information content (AvgIpc) is 2.62. The number of ether oxygens (including phenoxy) is 2. The number of hydrogen-bond donors (Lipinski definition) is 4. The van der Waals surface area contributed by atoms with Gasteiger partial charge in [0.15, 0.2) is 0 Å². The Morgan fingerprint density at radius 2 is 1.38 bits per heavy atom. The van der Waals surface area contributed by atoms with Crippen LogP contribution in [0.2, 0.25) is 0 Å². The molecule has 0 heterocycles. The average molecular weight is 503 g/mol. The van der Waals surface area contributed by atoms with Crippen molar-refractivity contribution in [3.05, 3.63) is 29.8 Å². The summed E-state index contributed by atoms with van der Waals surface area (Å²) in [5.41, 5.74) is 5.07. The molecule has 12 heteroatoms. The van der Waals surface area contributed by atoms with Crippen molar-refractivity contribution in [1.82, 2.24) is 10.6 Å². The first-order valence-electron chi connectivity index (χ1n) is 10.7. The van der Waals surface area contributed by atoms with E-state index in [1.54, 1.807) is 53.7 Å². The van der Waals surface area contributed by atoms with Crippen molar-refractivity contribution in [3.63, 3.8) is 0 Å². The molecule has 0 fully saturated rings. The maximum absolute atomic E-state index is 11.8. The molecule has 1 aromatic carbocycles. The summed E-state index contributed by atoms with van der Waals surface area (Å²) in [6.45, 7) is 13.3. The zero-order valence-corrected chi connectivity index (χ0v) is 21.8. The smallest absolute Gasteiger partial charge is 0.414 e. The van der Waals surface area contributed by atoms with Crippen molar-refractivity contribution < 1.29 is 32.0 Å². The van der Waals surface area contributed by atoms with E-state index in [1.165, 1.54) is 12.1 Å². The van der Waals surface area contributed by atoms with Crippen LogP contribution in [0.5, 0.6) is 0 Å². The molecule has 0 aromatic heterocycles. The zero-order valence-electron chi connectivity index (χ0n) is 21.0. The number of benzene rings is 1. The van der Waals surface area contributed by atoms with Crippen molar-refractivity contribution in [3.8, 4) is 0 Å². The highest BCUT2D eigenvalue weighted by Crippen LogP contribution is 2.09. The maximum atomic E-state index is 11.8. The molecule has 0 saturated heterocycles. The fourth-order valence-electron chi connectivity index (χ4n) is 2.07. The summed E-state index contributed by atoms with van der Waals surface area (Å²) < 4.78 is 39.8. The highest BCUT2D eigenvalue weighted by atomic mass is 32.2. The number of alkyl carbamates (subject to hydrolysis) is 2. The van der Waals surface area contributed by atoms with Gasteiger partial charge in [0, 0.05) is 6.54 Å². The summed E-state index contributed by atoms with van der Waals surface area (Å²) in [5.74, 6) is -0.00878. The number of carbonyl (C=O) groups is 2. The molecule has 0 aliphatic rings. The summed E-state index contributed by atoms with van der Waals surface area (Å²) in [5, 5.41) is 4.83. The molecular formula is C22H38N4O7S. The van der Waals surface area contributed by atoms with Crippen LogP contribution in [-0.4, -0.2) is 55.4 Å². The lowest BCUT2D eigenvalue weighted by Gasteiger charge is -2.22. The number of unbranched alkanes of at least 4 members (excludes halogenated alkanes) is 1. The lowest BCUT2D eigenvalue weighted by Crippen LogP contribution is -2.47. The SMILES string of the molecule is CC(C)(C)OC(=O)NC(=NCCCCN)NC(=O)OC(C)(C)C.Cc1ccc(S(=O)(=O)O)cc1. The molecule has 0 atom stereocenters. The van der Waals surface area contributed by atoms with Crippen molar-refractivity contribution in [1.29, 1.82) is 0 Å². The van der Waals surface area contributed by atoms with Crippen LogP contribution in [0.15, 0.2) is 34.2 Å². The standard InChI is InChI=1S/C15H30N4O4.C7H8O3S/c1-14(2,3)22-12(20)18-11(17-10-8-7-9-16)19-13(21)23-15(4,5)6;1-6-2-4-7(5-3-6)11(8,9)10/h7-10,16H2,1-6H3,(H2,17,18,19,20,21);2-5H,1H3,(H,8,9,10). The van der Waals surface area contributed by atoms with Crippen LogP contribution in [0, 0.1) is 6.92 Å². The second-order valence-corrected chi connectivity index (χ2v) is 10.7. The quantitative estimate of drug-likeness (QED) is 0.205. The van der Waals surface area contributed by atoms with E-state index in [1.807, 2.05) is 6.92 Å². The van der Waals surface area contributed by atoms with E-state index in [-0.39, 0.29) is 10.9 Å². The third-order valence-electron chi connectivity index (χ3n) is 3.44. The molecular weight excluding hydrogens is 464 g/mol. The fourth-order valence-corrected chi connectivity index (χ4v) is 2.55. The van der Waals surface area contributed by atoms with E-state index >= 15 is 0 Å². The summed E-state index contributed by atoms with van der Waals surface area (Å²) >= 11 is 0. The largest absolute Gasteiger partial charge is 0.444 e. The molecule has 0 aliphatic carbocycles. The lowest BCUT2D eigenvalue weighted by atomic mass is 10.2. The van der Waals surface area contributed by atoms with E-state index in [9.17, 15) is 18.0 Å². The number of rotatable bonds is 5. The van der Waals surface area contributed by atoms with Gasteiger partial charge in [0.2, 0.25) is 5.96 Å². The van der Waals surface area contributed by atoms with Crippen LogP contribution in [0.3, 0.4) is 0 Å². The highest BCUT2D eigenvalue weighted by Gasteiger charge is 2.21. The molecule has 34 heavy (non-hydrogen) atoms. The maximum Gasteiger partial charge on any atom is 0.414 e. The first-order chi connectivity index (χ1) is 15.4. The normalized spacial score (nSPS) is 11.4. The highest BCUT2D eigenvalue weighted by molar-refractivity contribution is 7.85. The van der Waals surface area contributed by atoms with Gasteiger partial charge in [-0.3, -0.25) is 20.2 Å². The van der Waals surface area contributed by atoms with Gasteiger partial charge in [0.25, 0.3) is 10.1 Å². The first-order valence-corrected chi connectivity index (χ1v) is 12.2. The van der Waals surface area contributed by atoms with E-state index in [2.05, 4.69) is 15.6 Å². The lowest BCUT2D eigenvalue weighted by molar-refractivity contribution is 0.0545. The number of carbonyl (C=O) groups excluding carboxylic acids is 2. The van der Waals surface area contributed by atoms with Crippen LogP contribution in [0.25, 0.3) is 0 Å². The summed E-state index contributed by atoms with van der Waals surface area (Å²) in [6.07, 6.45) is 0.138. The van der Waals surface area contributed by atoms with Crippen molar-refractivity contribution in [2.75, 3.05) is 13.1 Å². The first kappa shape index (κ1) is 31.3. The molecule has 0 bridgehead atoms. The van der Waals surface area contributed by atoms with Gasteiger partial charge in [0.05, 0.1) is 4.90 Å². The molecule has 0 aliphatic heterocycles. The van der Waals surface area contributed by atoms with Crippen LogP contribution in [-0.2, 0) is 19.6 Å². The molecule has 0 spiro atoms. The summed E-state index contributed by atoms with van der Waals surface area (Å²) in [4.78, 5) is 27.7. The van der Waals surface area contributed by atoms with Gasteiger partial charge in [-0.25, -0.2) is 9.59 Å². The van der Waals surface area contributed by atoms with E-state index in [0.717, 1.165) is 18.4 Å². The van der Waals surface area contributed by atoms with Gasteiger partial charge in [-0.2, -0.15) is 8.42 Å². The predicted octanol–water partition coefficient (Wildman–Crippen LogP) is 3.37. The minimum absolute atomic E-state index is 0.00878. The number of amides is 2. The second kappa shape index (κ2) is 13.9. The number of aryl methyl sites for hydroxylation is 1. The predicted molar refractivity (Wildman–Crippen MR) is 130 cm³/mol. The minimum atomic E-state index is -4.02. The van der Waals surface area contributed by atoms with Crippen LogP contribution < -0.4 is 16.4 Å². The Morgan fingerprint density at radius 3 is 1.74 bits per heavy atom. The summed E-state index contributed by atoms with van der Waals surface area (Å²) in [6, 6.07) is 5.99. The number of guanidine groups is 1. The Labute approximate surface area is 202 Å². The van der Waals surface area contributed by atoms with E-state index in [4.69, 9.17) is 19.8 Å². The monoisotopic (exact) mass is 502 g/mol. The van der Waals surface area contributed by atoms with Crippen LogP contribution >= 0.6 is 0 Å². The Kier molecular flexibility index (Phi) is 12.8. The number of hydrogen-bond acceptors (Lipinski definition) is 8. The third kappa shape index (κ3) is 16.9. The van der Waals surface area contributed by atoms with Gasteiger partial charge < -0.3 is 15.2 Å². The molecule has 0 radical (unpaired) electrons. The number of nitrogens with two attached hydrogens (primary N) is 1. The zero-order chi connectivity index (χ0) is 26.6. The number of aliphatic imine (C=N–C) groups is 1. The Hall–Kier alpha value is -2.70. The minimum Gasteiger partial charge on any atom is -0.444 e. The van der Waals surface area contributed by atoms with Crippen molar-refractivity contribution >= 4 is 28.3 Å². The second-order valence-electron chi connectivity index (χ2n) is 9.27. The fraction of sp³-hybridized carbons (Fsp3) is 0.591. The van der Waals surface area contributed by atoms with E-state index < -0.39 is 33.5 Å². The Balaban J connectivity index is 0.000000818. The molecule has 11 nitrogen and oxygen atoms in total. The molecule has 0 unspecified atom stereocenters. The van der Waals surface area contributed by atoms with E-state index in [0.29, 0.717) is 13.1 Å². The van der Waals surface area contributed by atoms with Crippen LogP contribution in [0.1, 0.15) is 59.9 Å². The van der Waals surface area contributed by atoms with Gasteiger partial charge in [0.1, 0.15) is 11.2 Å². The van der Waals surface area contributed by atoms with Crippen molar-refractivity contribution in [2.24, 2.45) is 10.7 Å². The molecule has 2 amide bonds. The molecule has 5 N–H and O–H groups in total. The Bertz CT molecular complexity index is 884. The number of nitrogens with one attached hydrogen (secondary N) is 2. The van der Waals surface area contributed by atoms with Gasteiger partial charge in [-0.15, -0.1) is 0 Å². The number of nitrogens with zero attached hydrogens (tertiary/aromatic N) is 1.